The Labute approximate surface area is 197 Å². The number of hydrogen-bond acceptors (Lipinski definition) is 5. The Bertz CT molecular complexity index is 1090. The van der Waals surface area contributed by atoms with Gasteiger partial charge in [-0.25, -0.2) is 0 Å². The number of thiophene rings is 1. The van der Waals surface area contributed by atoms with E-state index in [4.69, 9.17) is 11.6 Å². The topological polar surface area (TPSA) is 76.4 Å². The van der Waals surface area contributed by atoms with Gasteiger partial charge in [-0.2, -0.15) is 5.26 Å². The van der Waals surface area contributed by atoms with E-state index < -0.39 is 0 Å². The van der Waals surface area contributed by atoms with E-state index in [9.17, 15) is 14.9 Å². The van der Waals surface area contributed by atoms with E-state index in [1.807, 2.05) is 37.8 Å². The Kier molecular flexibility index (Phi) is 6.57. The van der Waals surface area contributed by atoms with Crippen LogP contribution in [0.4, 0.5) is 5.69 Å². The molecule has 0 aliphatic carbocycles. The quantitative estimate of drug-likeness (QED) is 0.709. The number of amides is 2. The summed E-state index contributed by atoms with van der Waals surface area (Å²) in [5.41, 5.74) is 2.81. The molecular weight excluding hydrogens is 444 g/mol. The van der Waals surface area contributed by atoms with Crippen LogP contribution in [-0.2, 0) is 4.79 Å². The van der Waals surface area contributed by atoms with Gasteiger partial charge in [0, 0.05) is 59.6 Å². The SMILES string of the molecule is Cc1ccc(NC(=O)CCN2CC3CN(C(=O)c4c(C)sc(C)c4C#N)CC3C2)cc1Cl. The molecule has 1 aromatic carbocycles. The first-order valence-corrected chi connectivity index (χ1v) is 12.0. The molecule has 0 spiro atoms. The second-order valence-electron chi connectivity index (χ2n) is 8.83. The van der Waals surface area contributed by atoms with Crippen molar-refractivity contribution in [2.75, 3.05) is 38.0 Å². The van der Waals surface area contributed by atoms with Crippen molar-refractivity contribution >= 4 is 40.4 Å². The number of nitrogens with one attached hydrogen (secondary N) is 1. The first-order valence-electron chi connectivity index (χ1n) is 10.8. The Morgan fingerprint density at radius 3 is 2.47 bits per heavy atom. The second kappa shape index (κ2) is 9.22. The zero-order valence-corrected chi connectivity index (χ0v) is 20.1. The largest absolute Gasteiger partial charge is 0.338 e. The summed E-state index contributed by atoms with van der Waals surface area (Å²) in [6, 6.07) is 7.73. The van der Waals surface area contributed by atoms with Crippen LogP contribution in [0.3, 0.4) is 0 Å². The predicted molar refractivity (Wildman–Crippen MR) is 127 cm³/mol. The molecule has 2 aromatic rings. The number of rotatable bonds is 5. The molecule has 2 atom stereocenters. The van der Waals surface area contributed by atoms with E-state index in [0.717, 1.165) is 28.4 Å². The third-order valence-corrected chi connectivity index (χ3v) is 7.97. The van der Waals surface area contributed by atoms with Crippen molar-refractivity contribution in [3.05, 3.63) is 49.7 Å². The molecule has 2 amide bonds. The van der Waals surface area contributed by atoms with Gasteiger partial charge in [-0.15, -0.1) is 11.3 Å². The monoisotopic (exact) mass is 470 g/mol. The summed E-state index contributed by atoms with van der Waals surface area (Å²) in [7, 11) is 0. The molecule has 4 rings (SSSR count). The summed E-state index contributed by atoms with van der Waals surface area (Å²) in [5.74, 6) is 0.804. The summed E-state index contributed by atoms with van der Waals surface area (Å²) in [6.45, 7) is 9.66. The van der Waals surface area contributed by atoms with Crippen LogP contribution in [-0.4, -0.2) is 54.3 Å². The Morgan fingerprint density at radius 1 is 1.16 bits per heavy atom. The number of likely N-dealkylation sites (tertiary alicyclic amines) is 2. The Balaban J connectivity index is 1.28. The summed E-state index contributed by atoms with van der Waals surface area (Å²) in [4.78, 5) is 31.5. The van der Waals surface area contributed by atoms with E-state index in [1.165, 1.54) is 11.3 Å². The minimum absolute atomic E-state index is 0.0134. The molecule has 168 valence electrons. The maximum Gasteiger partial charge on any atom is 0.256 e. The van der Waals surface area contributed by atoms with Crippen molar-refractivity contribution in [3.8, 4) is 6.07 Å². The maximum atomic E-state index is 13.1. The van der Waals surface area contributed by atoms with Crippen molar-refractivity contribution < 1.29 is 9.59 Å². The van der Waals surface area contributed by atoms with E-state index in [1.54, 1.807) is 6.07 Å². The number of aryl methyl sites for hydroxylation is 3. The van der Waals surface area contributed by atoms with Crippen molar-refractivity contribution in [1.82, 2.24) is 9.80 Å². The lowest BCUT2D eigenvalue weighted by Crippen LogP contribution is -2.34. The third-order valence-electron chi connectivity index (χ3n) is 6.55. The molecule has 0 saturated carbocycles. The van der Waals surface area contributed by atoms with Gasteiger partial charge < -0.3 is 15.1 Å². The van der Waals surface area contributed by atoms with Crippen LogP contribution in [0.2, 0.25) is 5.02 Å². The van der Waals surface area contributed by atoms with Gasteiger partial charge in [0.25, 0.3) is 5.91 Å². The van der Waals surface area contributed by atoms with Gasteiger partial charge in [0.2, 0.25) is 5.91 Å². The van der Waals surface area contributed by atoms with E-state index in [2.05, 4.69) is 16.3 Å². The minimum Gasteiger partial charge on any atom is -0.338 e. The van der Waals surface area contributed by atoms with Gasteiger partial charge in [-0.05, 0) is 50.3 Å². The molecule has 6 nitrogen and oxygen atoms in total. The van der Waals surface area contributed by atoms with Crippen LogP contribution in [0.5, 0.6) is 0 Å². The highest BCUT2D eigenvalue weighted by Gasteiger charge is 2.42. The number of nitriles is 1. The first kappa shape index (κ1) is 22.8. The van der Waals surface area contributed by atoms with Crippen molar-refractivity contribution in [2.24, 2.45) is 11.8 Å². The lowest BCUT2D eigenvalue weighted by atomic mass is 10.0. The molecule has 1 aromatic heterocycles. The molecule has 0 radical (unpaired) electrons. The molecule has 2 unspecified atom stereocenters. The molecule has 2 fully saturated rings. The highest BCUT2D eigenvalue weighted by atomic mass is 35.5. The summed E-state index contributed by atoms with van der Waals surface area (Å²) in [5, 5.41) is 13.0. The molecule has 2 saturated heterocycles. The van der Waals surface area contributed by atoms with Crippen LogP contribution < -0.4 is 5.32 Å². The van der Waals surface area contributed by atoms with Gasteiger partial charge in [-0.3, -0.25) is 9.59 Å². The van der Waals surface area contributed by atoms with Crippen LogP contribution in [0.15, 0.2) is 18.2 Å². The third kappa shape index (κ3) is 4.54. The summed E-state index contributed by atoms with van der Waals surface area (Å²) in [6.07, 6.45) is 0.423. The van der Waals surface area contributed by atoms with Crippen molar-refractivity contribution in [2.45, 2.75) is 27.2 Å². The maximum absolute atomic E-state index is 13.1. The fraction of sp³-hybridized carbons (Fsp3) is 0.458. The van der Waals surface area contributed by atoms with Crippen molar-refractivity contribution in [1.29, 1.82) is 5.26 Å². The van der Waals surface area contributed by atoms with E-state index in [0.29, 0.717) is 59.7 Å². The molecule has 1 N–H and O–H groups in total. The molecule has 32 heavy (non-hydrogen) atoms. The number of nitrogens with zero attached hydrogens (tertiary/aromatic N) is 3. The molecule has 3 heterocycles. The number of fused-ring (bicyclic) bond motifs is 1. The smallest absolute Gasteiger partial charge is 0.256 e. The lowest BCUT2D eigenvalue weighted by molar-refractivity contribution is -0.116. The summed E-state index contributed by atoms with van der Waals surface area (Å²) < 4.78 is 0. The van der Waals surface area contributed by atoms with Gasteiger partial charge in [0.1, 0.15) is 6.07 Å². The zero-order valence-electron chi connectivity index (χ0n) is 18.6. The average molecular weight is 471 g/mol. The highest BCUT2D eigenvalue weighted by Crippen LogP contribution is 2.34. The van der Waals surface area contributed by atoms with Crippen LogP contribution in [0.1, 0.15) is 37.7 Å². The number of hydrogen-bond donors (Lipinski definition) is 1. The van der Waals surface area contributed by atoms with E-state index in [-0.39, 0.29) is 11.8 Å². The standard InChI is InChI=1S/C24H27ClN4O2S/c1-14-4-5-19(8-21(14)25)27-22(30)6-7-28-10-17-12-29(13-18(17)11-28)24(31)23-16(3)32-15(2)20(23)9-26/h4-5,8,17-18H,6-7,10-13H2,1-3H3,(H,27,30). The molecule has 2 aliphatic heterocycles. The number of anilines is 1. The zero-order chi connectivity index (χ0) is 23.0. The van der Waals surface area contributed by atoms with Gasteiger partial charge >= 0.3 is 0 Å². The predicted octanol–water partition coefficient (Wildman–Crippen LogP) is 4.23. The Morgan fingerprint density at radius 2 is 1.84 bits per heavy atom. The molecule has 2 aliphatic rings. The number of benzene rings is 1. The number of carbonyl (C=O) groups is 2. The Hall–Kier alpha value is -2.40. The van der Waals surface area contributed by atoms with Crippen molar-refractivity contribution in [3.63, 3.8) is 0 Å². The fourth-order valence-electron chi connectivity index (χ4n) is 4.83. The minimum atomic E-state index is -0.0221. The van der Waals surface area contributed by atoms with Gasteiger partial charge in [0.15, 0.2) is 0 Å². The molecule has 8 heteroatoms. The van der Waals surface area contributed by atoms with Gasteiger partial charge in [-0.1, -0.05) is 17.7 Å². The van der Waals surface area contributed by atoms with Crippen LogP contribution in [0, 0.1) is 43.9 Å². The highest BCUT2D eigenvalue weighted by molar-refractivity contribution is 7.12. The van der Waals surface area contributed by atoms with E-state index >= 15 is 0 Å². The first-order chi connectivity index (χ1) is 15.3. The average Bonchev–Trinajstić information content (AvgIpc) is 3.39. The number of carbonyl (C=O) groups excluding carboxylic acids is 2. The normalized spacial score (nSPS) is 20.3. The molecule has 0 bridgehead atoms. The van der Waals surface area contributed by atoms with Crippen LogP contribution in [0.25, 0.3) is 0 Å². The second-order valence-corrected chi connectivity index (χ2v) is 10.7. The summed E-state index contributed by atoms with van der Waals surface area (Å²) >= 11 is 7.65. The lowest BCUT2D eigenvalue weighted by Gasteiger charge is -2.21. The number of halogens is 1. The van der Waals surface area contributed by atoms with Crippen LogP contribution >= 0.6 is 22.9 Å². The van der Waals surface area contributed by atoms with Gasteiger partial charge in [0.05, 0.1) is 11.1 Å². The molecular formula is C24H27ClN4O2S. The fourth-order valence-corrected chi connectivity index (χ4v) is 6.01.